The van der Waals surface area contributed by atoms with E-state index in [0.717, 1.165) is 42.0 Å². The number of hydrogen-bond donors (Lipinski definition) is 1. The van der Waals surface area contributed by atoms with Crippen molar-refractivity contribution in [1.29, 1.82) is 0 Å². The highest BCUT2D eigenvalue weighted by atomic mass is 16.3. The maximum Gasteiger partial charge on any atom is 0.254 e. The van der Waals surface area contributed by atoms with Gasteiger partial charge in [0.1, 0.15) is 5.76 Å². The maximum absolute atomic E-state index is 12.8. The normalized spacial score (nSPS) is 13.4. The number of carbonyl (C=O) groups excluding carboxylic acids is 1. The largest absolute Gasteiger partial charge is 0.467 e. The Morgan fingerprint density at radius 2 is 2.24 bits per heavy atom. The van der Waals surface area contributed by atoms with E-state index in [1.54, 1.807) is 6.26 Å². The summed E-state index contributed by atoms with van der Waals surface area (Å²) in [5, 5.41) is 3.37. The molecule has 0 bridgehead atoms. The van der Waals surface area contributed by atoms with Gasteiger partial charge in [0.15, 0.2) is 0 Å². The summed E-state index contributed by atoms with van der Waals surface area (Å²) in [4.78, 5) is 14.7. The molecule has 21 heavy (non-hydrogen) atoms. The van der Waals surface area contributed by atoms with E-state index in [9.17, 15) is 4.79 Å². The maximum atomic E-state index is 12.8. The standard InChI is InChI=1S/C17H20N2O2/c1-2-19(12-13-6-5-11-21-13)17(20)15-7-3-9-16-14(15)8-4-10-18-16/h3,5-7,9,11,18H,2,4,8,10,12H2,1H3. The van der Waals surface area contributed by atoms with Crippen molar-refractivity contribution >= 4 is 11.6 Å². The second-order valence-corrected chi connectivity index (χ2v) is 5.26. The summed E-state index contributed by atoms with van der Waals surface area (Å²) < 4.78 is 5.36. The summed E-state index contributed by atoms with van der Waals surface area (Å²) in [6, 6.07) is 9.68. The van der Waals surface area contributed by atoms with Crippen LogP contribution in [0, 0.1) is 0 Å². The molecule has 1 aliphatic heterocycles. The van der Waals surface area contributed by atoms with E-state index in [-0.39, 0.29) is 5.91 Å². The van der Waals surface area contributed by atoms with Crippen molar-refractivity contribution in [3.63, 3.8) is 0 Å². The lowest BCUT2D eigenvalue weighted by molar-refractivity contribution is 0.0740. The Bertz CT molecular complexity index is 620. The fourth-order valence-electron chi connectivity index (χ4n) is 2.80. The molecular weight excluding hydrogens is 264 g/mol. The number of rotatable bonds is 4. The van der Waals surface area contributed by atoms with E-state index in [1.165, 1.54) is 0 Å². The summed E-state index contributed by atoms with van der Waals surface area (Å²) in [6.07, 6.45) is 3.67. The highest BCUT2D eigenvalue weighted by Gasteiger charge is 2.21. The predicted octanol–water partition coefficient (Wildman–Crippen LogP) is 3.30. The monoisotopic (exact) mass is 284 g/mol. The zero-order valence-corrected chi connectivity index (χ0v) is 12.3. The molecule has 0 radical (unpaired) electrons. The lowest BCUT2D eigenvalue weighted by Gasteiger charge is -2.24. The molecule has 0 spiro atoms. The number of amides is 1. The second-order valence-electron chi connectivity index (χ2n) is 5.26. The molecule has 0 fully saturated rings. The van der Waals surface area contributed by atoms with Crippen molar-refractivity contribution in [3.05, 3.63) is 53.5 Å². The number of anilines is 1. The highest BCUT2D eigenvalue weighted by Crippen LogP contribution is 2.26. The summed E-state index contributed by atoms with van der Waals surface area (Å²) in [6.45, 7) is 4.15. The van der Waals surface area contributed by atoms with Crippen LogP contribution in [0.1, 0.15) is 35.0 Å². The SMILES string of the molecule is CCN(Cc1ccco1)C(=O)c1cccc2c1CCCN2. The smallest absolute Gasteiger partial charge is 0.254 e. The summed E-state index contributed by atoms with van der Waals surface area (Å²) in [7, 11) is 0. The molecule has 4 heteroatoms. The molecule has 1 N–H and O–H groups in total. The lowest BCUT2D eigenvalue weighted by Crippen LogP contribution is -2.31. The molecule has 0 saturated carbocycles. The van der Waals surface area contributed by atoms with E-state index in [2.05, 4.69) is 5.32 Å². The van der Waals surface area contributed by atoms with Gasteiger partial charge < -0.3 is 14.6 Å². The molecule has 0 atom stereocenters. The molecular formula is C17H20N2O2. The molecule has 4 nitrogen and oxygen atoms in total. The van der Waals surface area contributed by atoms with Crippen LogP contribution in [-0.2, 0) is 13.0 Å². The third-order valence-corrected chi connectivity index (χ3v) is 3.92. The van der Waals surface area contributed by atoms with Gasteiger partial charge in [0.25, 0.3) is 5.91 Å². The quantitative estimate of drug-likeness (QED) is 0.937. The lowest BCUT2D eigenvalue weighted by atomic mass is 9.97. The van der Waals surface area contributed by atoms with E-state index < -0.39 is 0 Å². The van der Waals surface area contributed by atoms with Crippen molar-refractivity contribution in [2.45, 2.75) is 26.3 Å². The average molecular weight is 284 g/mol. The zero-order chi connectivity index (χ0) is 14.7. The van der Waals surface area contributed by atoms with Gasteiger partial charge in [0.05, 0.1) is 12.8 Å². The summed E-state index contributed by atoms with van der Waals surface area (Å²) in [5.74, 6) is 0.891. The van der Waals surface area contributed by atoms with E-state index in [1.807, 2.05) is 42.2 Å². The third kappa shape index (κ3) is 2.79. The molecule has 2 aromatic rings. The number of benzene rings is 1. The molecule has 1 aliphatic rings. The fraction of sp³-hybridized carbons (Fsp3) is 0.353. The minimum absolute atomic E-state index is 0.0782. The van der Waals surface area contributed by atoms with E-state index >= 15 is 0 Å². The van der Waals surface area contributed by atoms with E-state index in [4.69, 9.17) is 4.42 Å². The van der Waals surface area contributed by atoms with Crippen molar-refractivity contribution in [2.75, 3.05) is 18.4 Å². The summed E-state index contributed by atoms with van der Waals surface area (Å²) >= 11 is 0. The molecule has 0 aliphatic carbocycles. The van der Waals surface area contributed by atoms with Gasteiger partial charge in [-0.3, -0.25) is 4.79 Å². The second kappa shape index (κ2) is 6.04. The van der Waals surface area contributed by atoms with E-state index in [0.29, 0.717) is 13.1 Å². The van der Waals surface area contributed by atoms with Crippen LogP contribution in [-0.4, -0.2) is 23.9 Å². The first-order chi connectivity index (χ1) is 10.3. The van der Waals surface area contributed by atoms with Crippen LogP contribution in [0.4, 0.5) is 5.69 Å². The number of nitrogens with zero attached hydrogens (tertiary/aromatic N) is 1. The van der Waals surface area contributed by atoms with Crippen molar-refractivity contribution < 1.29 is 9.21 Å². The Balaban J connectivity index is 1.86. The highest BCUT2D eigenvalue weighted by molar-refractivity contribution is 5.97. The van der Waals surface area contributed by atoms with Gasteiger partial charge in [-0.25, -0.2) is 0 Å². The van der Waals surface area contributed by atoms with Gasteiger partial charge in [-0.05, 0) is 49.6 Å². The van der Waals surface area contributed by atoms with Gasteiger partial charge in [-0.1, -0.05) is 6.07 Å². The van der Waals surface area contributed by atoms with Crippen molar-refractivity contribution in [2.24, 2.45) is 0 Å². The number of carbonyl (C=O) groups is 1. The van der Waals surface area contributed by atoms with Crippen LogP contribution >= 0.6 is 0 Å². The molecule has 0 unspecified atom stereocenters. The van der Waals surface area contributed by atoms with Crippen LogP contribution in [0.2, 0.25) is 0 Å². The number of fused-ring (bicyclic) bond motifs is 1. The molecule has 1 aromatic heterocycles. The average Bonchev–Trinajstić information content (AvgIpc) is 3.04. The molecule has 110 valence electrons. The van der Waals surface area contributed by atoms with Gasteiger partial charge in [-0.2, -0.15) is 0 Å². The molecule has 0 saturated heterocycles. The Labute approximate surface area is 124 Å². The first-order valence-electron chi connectivity index (χ1n) is 7.47. The molecule has 1 aromatic carbocycles. The van der Waals surface area contributed by atoms with Crippen LogP contribution in [0.3, 0.4) is 0 Å². The molecule has 3 rings (SSSR count). The predicted molar refractivity (Wildman–Crippen MR) is 82.4 cm³/mol. The Morgan fingerprint density at radius 1 is 1.33 bits per heavy atom. The number of hydrogen-bond acceptors (Lipinski definition) is 3. The fourth-order valence-corrected chi connectivity index (χ4v) is 2.80. The minimum Gasteiger partial charge on any atom is -0.467 e. The van der Waals surface area contributed by atoms with Crippen molar-refractivity contribution in [3.8, 4) is 0 Å². The number of nitrogens with one attached hydrogen (secondary N) is 1. The van der Waals surface area contributed by atoms with Crippen LogP contribution in [0.5, 0.6) is 0 Å². The van der Waals surface area contributed by atoms with Crippen LogP contribution in [0.25, 0.3) is 0 Å². The van der Waals surface area contributed by atoms with Gasteiger partial charge >= 0.3 is 0 Å². The van der Waals surface area contributed by atoms with Crippen LogP contribution < -0.4 is 5.32 Å². The Kier molecular flexibility index (Phi) is 3.95. The molecule has 2 heterocycles. The Morgan fingerprint density at radius 3 is 3.00 bits per heavy atom. The zero-order valence-electron chi connectivity index (χ0n) is 12.3. The van der Waals surface area contributed by atoms with Crippen molar-refractivity contribution in [1.82, 2.24) is 4.90 Å². The van der Waals surface area contributed by atoms with Gasteiger partial charge in [0.2, 0.25) is 0 Å². The summed E-state index contributed by atoms with van der Waals surface area (Å²) in [5.41, 5.74) is 3.06. The third-order valence-electron chi connectivity index (χ3n) is 3.92. The first-order valence-corrected chi connectivity index (χ1v) is 7.47. The van der Waals surface area contributed by atoms with Crippen LogP contribution in [0.15, 0.2) is 41.0 Å². The van der Waals surface area contributed by atoms with Gasteiger partial charge in [0, 0.05) is 24.3 Å². The van der Waals surface area contributed by atoms with Gasteiger partial charge in [-0.15, -0.1) is 0 Å². The Hall–Kier alpha value is -2.23. The topological polar surface area (TPSA) is 45.5 Å². The molecule has 1 amide bonds. The number of furan rings is 1. The minimum atomic E-state index is 0.0782. The first kappa shape index (κ1) is 13.7.